The number of allylic oxidation sites excluding steroid dienone is 2. The molecular formula is C79H78B2BrCl7F5N17O8S2. The molecule has 0 aromatic carbocycles. The molecule has 13 heterocycles. The monoisotopic (exact) mass is 1900 g/mol. The first-order valence-electron chi connectivity index (χ1n) is 35.3. The van der Waals surface area contributed by atoms with Crippen molar-refractivity contribution >= 4 is 170 Å². The molecule has 0 spiro atoms. The first-order valence-corrected chi connectivity index (χ1v) is 42.1. The number of anilines is 5. The van der Waals surface area contributed by atoms with Gasteiger partial charge in [0.25, 0.3) is 19.1 Å². The minimum atomic E-state index is -4.39. The van der Waals surface area contributed by atoms with E-state index < -0.39 is 59.9 Å². The second-order valence-corrected chi connectivity index (χ2v) is 34.1. The van der Waals surface area contributed by atoms with Crippen LogP contribution in [0, 0.1) is 11.9 Å². The zero-order valence-corrected chi connectivity index (χ0v) is 74.4. The highest BCUT2D eigenvalue weighted by atomic mass is 79.9. The number of hydrogen-bond donors (Lipinski definition) is 7. The van der Waals surface area contributed by atoms with Crippen molar-refractivity contribution in [3.05, 3.63) is 277 Å². The second-order valence-electron chi connectivity index (χ2n) is 26.8. The minimum Gasteiger partial charge on any atom is -0.423 e. The molecule has 1 aliphatic heterocycles. The van der Waals surface area contributed by atoms with Crippen molar-refractivity contribution in [2.75, 3.05) is 27.7 Å². The van der Waals surface area contributed by atoms with Gasteiger partial charge in [-0.3, -0.25) is 19.7 Å². The number of nitrogens with one attached hydrogen (secondary N) is 1. The number of nitrogen functional groups attached to an aromatic ring is 4. The quantitative estimate of drug-likeness (QED) is 0.0244. The number of sulfonamides is 1. The van der Waals surface area contributed by atoms with Gasteiger partial charge < -0.3 is 42.3 Å². The number of halogens is 13. The van der Waals surface area contributed by atoms with Crippen molar-refractivity contribution in [2.45, 2.75) is 109 Å². The lowest BCUT2D eigenvalue weighted by atomic mass is 9.81. The Kier molecular flexibility index (Phi) is 37.2. The van der Waals surface area contributed by atoms with Crippen LogP contribution < -0.4 is 33.1 Å². The Morgan fingerprint density at radius 1 is 0.504 bits per heavy atom. The molecule has 12 aromatic rings. The number of alkyl halides is 3. The highest BCUT2D eigenvalue weighted by molar-refractivity contribution is 9.10. The third-order valence-corrected chi connectivity index (χ3v) is 21.2. The van der Waals surface area contributed by atoms with Gasteiger partial charge in [0.1, 0.15) is 44.0 Å². The molecule has 0 amide bonds. The number of nitrogens with two attached hydrogens (primary N) is 4. The predicted molar refractivity (Wildman–Crippen MR) is 475 cm³/mol. The van der Waals surface area contributed by atoms with E-state index in [4.69, 9.17) is 123 Å². The van der Waals surface area contributed by atoms with E-state index in [1.807, 2.05) is 85.7 Å². The smallest absolute Gasteiger partial charge is 0.423 e. The van der Waals surface area contributed by atoms with Gasteiger partial charge in [0.05, 0.1) is 76.7 Å². The fraction of sp³-hybridized carbons (Fsp3) is 0.190. The maximum Gasteiger partial charge on any atom is 0.491 e. The van der Waals surface area contributed by atoms with E-state index in [-0.39, 0.29) is 51.1 Å². The van der Waals surface area contributed by atoms with Crippen molar-refractivity contribution in [1.29, 1.82) is 0 Å². The maximum absolute atomic E-state index is 13.3. The van der Waals surface area contributed by atoms with Crippen molar-refractivity contribution < 1.29 is 58.1 Å². The standard InChI is InChI=1S/C18H16ClFN4O2S.C13H14ClN3.C13H12ClN3.C10H7Cl2N3.C9H17BO2.C6H4BrF3N2.C5H5BClNO2.C5H3ClFNO2S/c1-11(2)17-12(5-4-10-21-17)18-13(19)8-9-15(23-18)24-27(25,26)16-7-3-6-14(20)22-16;2*1-8(2)12-9(4-3-7-16-12)13-10(14)5-6-11(15)17-13;11-7-3-4-8(13)15-9(7)6-2-1-5-14-10(6)12;1-7(2)10-11-8(3,4)9(5,6)12-10;7-5-3(6(8,9)10)1-2-4(11)12-5;7-5-4(6(9)10)2-1-3-8-5;6-11(9,10)5-3-1-2-4(7)8-5/h3-11H,1-2H3,(H,23,24);3-8H,1-2H3,(H2,15,17);3-7H,1H2,2H3,(H2,15,17);1-5H,(H2,13,15);1H2,2-6H3;1-2H,(H2,11,12);1-3,9-10H;1-3H. The van der Waals surface area contributed by atoms with Crippen LogP contribution in [0.15, 0.2) is 222 Å². The lowest BCUT2D eigenvalue weighted by Gasteiger charge is -2.32. The molecule has 0 atom stereocenters. The molecule has 0 saturated carbocycles. The Bertz CT molecular complexity index is 5840. The zero-order chi connectivity index (χ0) is 90.2. The van der Waals surface area contributed by atoms with Gasteiger partial charge >= 0.3 is 20.4 Å². The number of aromatic nitrogens is 12. The first-order chi connectivity index (χ1) is 56.5. The fourth-order valence-corrected chi connectivity index (χ4v) is 13.3. The van der Waals surface area contributed by atoms with E-state index in [2.05, 4.69) is 107 Å². The summed E-state index contributed by atoms with van der Waals surface area (Å²) in [5.41, 5.74) is 30.9. The molecule has 636 valence electrons. The van der Waals surface area contributed by atoms with Gasteiger partial charge in [-0.2, -0.15) is 30.4 Å². The van der Waals surface area contributed by atoms with Crippen LogP contribution in [0.25, 0.3) is 50.6 Å². The third-order valence-electron chi connectivity index (χ3n) is 16.3. The van der Waals surface area contributed by atoms with E-state index in [1.165, 1.54) is 42.6 Å². The average Bonchev–Trinajstić information content (AvgIpc) is 1.49. The summed E-state index contributed by atoms with van der Waals surface area (Å²) in [4.78, 5) is 47.5. The van der Waals surface area contributed by atoms with Gasteiger partial charge in [0, 0.05) is 69.4 Å². The molecular weight excluding hydrogens is 1820 g/mol. The fourth-order valence-electron chi connectivity index (χ4n) is 9.83. The van der Waals surface area contributed by atoms with Crippen LogP contribution in [0.3, 0.4) is 0 Å². The molecule has 121 heavy (non-hydrogen) atoms. The number of nitrogens with zero attached hydrogens (tertiary/aromatic N) is 12. The van der Waals surface area contributed by atoms with E-state index >= 15 is 0 Å². The van der Waals surface area contributed by atoms with Gasteiger partial charge in [0.2, 0.25) is 11.9 Å². The minimum absolute atomic E-state index is 0.0408. The molecule has 13 rings (SSSR count). The maximum atomic E-state index is 13.3. The first kappa shape index (κ1) is 100. The van der Waals surface area contributed by atoms with Crippen LogP contribution in [0.1, 0.15) is 104 Å². The summed E-state index contributed by atoms with van der Waals surface area (Å²) >= 11 is 38.7. The molecule has 0 unspecified atom stereocenters. The van der Waals surface area contributed by atoms with Crippen molar-refractivity contribution in [1.82, 2.24) is 59.8 Å². The number of hydrogen-bond acceptors (Lipinski definition) is 24. The zero-order valence-electron chi connectivity index (χ0n) is 65.9. The molecule has 0 bridgehead atoms. The van der Waals surface area contributed by atoms with Crippen LogP contribution in [-0.2, 0) is 34.6 Å². The van der Waals surface area contributed by atoms with Crippen molar-refractivity contribution in [2.24, 2.45) is 0 Å². The van der Waals surface area contributed by atoms with Crippen LogP contribution in [0.2, 0.25) is 30.4 Å². The average molecular weight is 1900 g/mol. The molecule has 12 aromatic heterocycles. The topological polar surface area (TPSA) is 398 Å². The van der Waals surface area contributed by atoms with Crippen LogP contribution in [0.4, 0.5) is 51.0 Å². The van der Waals surface area contributed by atoms with Crippen molar-refractivity contribution in [3.8, 4) is 45.0 Å². The number of pyridine rings is 12. The molecule has 1 saturated heterocycles. The summed E-state index contributed by atoms with van der Waals surface area (Å²) < 4.78 is 121. The van der Waals surface area contributed by atoms with E-state index in [9.17, 15) is 38.8 Å². The SMILES string of the molecule is C=C(C)B1OC(C)(C)C(C)(C)O1.C=C(C)c1ncccc1-c1nc(N)ccc1Cl.CC(C)c1ncccc1-c1nc(N)ccc1Cl.CC(C)c1ncccc1-c1nc(NS(=O)(=O)c2cccc(F)n2)ccc1Cl.Nc1ccc(C(F)(F)F)c(Br)n1.Nc1ccc(Cl)c(-c2cccnc2Cl)n1.O=S(=O)(Cl)c1cccc(F)n1.OB(O)c1cccnc1Cl. The highest BCUT2D eigenvalue weighted by Gasteiger charge is 2.51. The highest BCUT2D eigenvalue weighted by Crippen LogP contribution is 2.40. The van der Waals surface area contributed by atoms with Crippen LogP contribution in [-0.4, -0.2) is 112 Å². The van der Waals surface area contributed by atoms with E-state index in [0.29, 0.717) is 82.5 Å². The molecule has 11 N–H and O–H groups in total. The Labute approximate surface area is 740 Å². The molecule has 1 fully saturated rings. The Hall–Kier alpha value is -9.69. The van der Waals surface area contributed by atoms with Gasteiger partial charge in [0.15, 0.2) is 10.1 Å². The molecule has 42 heteroatoms. The lowest BCUT2D eigenvalue weighted by molar-refractivity contribution is -0.138. The Morgan fingerprint density at radius 3 is 1.27 bits per heavy atom. The lowest BCUT2D eigenvalue weighted by Crippen LogP contribution is -2.41. The third kappa shape index (κ3) is 29.8. The van der Waals surface area contributed by atoms with Gasteiger partial charge in [-0.05, 0) is 214 Å². The Morgan fingerprint density at radius 2 is 0.884 bits per heavy atom. The van der Waals surface area contributed by atoms with E-state index in [0.717, 1.165) is 69.6 Å². The van der Waals surface area contributed by atoms with Crippen LogP contribution >= 0.6 is 96.2 Å². The molecule has 0 aliphatic carbocycles. The summed E-state index contributed by atoms with van der Waals surface area (Å²) in [6.45, 7) is 27.8. The van der Waals surface area contributed by atoms with E-state index in [1.54, 1.807) is 85.5 Å². The predicted octanol–water partition coefficient (Wildman–Crippen LogP) is 19.4. The summed E-state index contributed by atoms with van der Waals surface area (Å²) in [6, 6.07) is 39.8. The Balaban J connectivity index is 0.000000219. The summed E-state index contributed by atoms with van der Waals surface area (Å²) in [5, 5.41) is 18.8. The summed E-state index contributed by atoms with van der Waals surface area (Å²) in [7, 11) is -4.91. The molecule has 0 radical (unpaired) electrons. The molecule has 25 nitrogen and oxygen atoms in total. The largest absolute Gasteiger partial charge is 0.491 e. The second kappa shape index (κ2) is 44.9. The van der Waals surface area contributed by atoms with Gasteiger partial charge in [-0.25, -0.2) is 53.3 Å². The van der Waals surface area contributed by atoms with Gasteiger partial charge in [-0.15, -0.1) is 6.58 Å². The summed E-state index contributed by atoms with van der Waals surface area (Å²) in [6.07, 6.45) is 3.86. The normalized spacial score (nSPS) is 12.4. The van der Waals surface area contributed by atoms with Crippen molar-refractivity contribution in [3.63, 3.8) is 0 Å². The molecule has 1 aliphatic rings. The number of rotatable bonds is 13. The summed E-state index contributed by atoms with van der Waals surface area (Å²) in [5.74, 6) is 0.0554. The van der Waals surface area contributed by atoms with Crippen LogP contribution in [0.5, 0.6) is 0 Å². The van der Waals surface area contributed by atoms with Gasteiger partial charge in [-0.1, -0.05) is 128 Å².